The molecule has 0 aliphatic carbocycles. The van der Waals surface area contributed by atoms with Crippen LogP contribution >= 0.6 is 12.2 Å². The average Bonchev–Trinajstić information content (AvgIpc) is 2.79. The Bertz CT molecular complexity index is 1080. The molecule has 0 fully saturated rings. The van der Waals surface area contributed by atoms with E-state index in [9.17, 15) is 9.59 Å². The monoisotopic (exact) mass is 467 g/mol. The number of esters is 1. The maximum Gasteiger partial charge on any atom is 0.338 e. The number of carbonyl (C=O) groups excluding carboxylic acids is 2. The topological polar surface area (TPSA) is 79.9 Å². The molecule has 0 spiro atoms. The molecule has 33 heavy (non-hydrogen) atoms. The Morgan fingerprint density at radius 3 is 2.58 bits per heavy atom. The number of methoxy groups -OCH3 is 1. The molecule has 0 bridgehead atoms. The molecule has 1 aliphatic heterocycles. The summed E-state index contributed by atoms with van der Waals surface area (Å²) >= 11 is 5.55. The maximum atomic E-state index is 13.0. The number of nitrogens with zero attached hydrogens (tertiary/aromatic N) is 1. The van der Waals surface area contributed by atoms with Crippen molar-refractivity contribution in [3.05, 3.63) is 76.5 Å². The standard InChI is InChI=1S/C25H29N3O4S/c1-5-28-17(3)21(24(30)32-14-13-31-4)22(27-25(28)33)18-10-8-11-19(15-18)26-23(29)20-12-7-6-9-16(20)2/h6-12,15,22H,5,13-14H2,1-4H3,(H,26,29)(H,27,33)/t22-/m1/s1. The minimum Gasteiger partial charge on any atom is -0.460 e. The number of allylic oxidation sites excluding steroid dienone is 1. The molecule has 174 valence electrons. The second-order valence-electron chi connectivity index (χ2n) is 7.65. The Morgan fingerprint density at radius 2 is 1.88 bits per heavy atom. The van der Waals surface area contributed by atoms with E-state index < -0.39 is 12.0 Å². The third kappa shape index (κ3) is 5.58. The van der Waals surface area contributed by atoms with Crippen molar-refractivity contribution in [3.63, 3.8) is 0 Å². The van der Waals surface area contributed by atoms with Crippen LogP contribution in [0.15, 0.2) is 59.8 Å². The van der Waals surface area contributed by atoms with Crippen molar-refractivity contribution in [1.29, 1.82) is 0 Å². The molecule has 8 heteroatoms. The van der Waals surface area contributed by atoms with Gasteiger partial charge in [-0.05, 0) is 62.3 Å². The van der Waals surface area contributed by atoms with Gasteiger partial charge < -0.3 is 25.0 Å². The first-order valence-electron chi connectivity index (χ1n) is 10.8. The van der Waals surface area contributed by atoms with E-state index >= 15 is 0 Å². The van der Waals surface area contributed by atoms with E-state index in [1.807, 2.05) is 68.1 Å². The van der Waals surface area contributed by atoms with Crippen LogP contribution in [-0.4, -0.2) is 48.8 Å². The van der Waals surface area contributed by atoms with E-state index in [1.165, 1.54) is 0 Å². The zero-order valence-corrected chi connectivity index (χ0v) is 20.1. The van der Waals surface area contributed by atoms with Gasteiger partial charge in [-0.15, -0.1) is 0 Å². The molecule has 1 atom stereocenters. The number of ether oxygens (including phenoxy) is 2. The highest BCUT2D eigenvalue weighted by molar-refractivity contribution is 7.80. The first kappa shape index (κ1) is 24.4. The van der Waals surface area contributed by atoms with Crippen LogP contribution in [0.4, 0.5) is 5.69 Å². The number of nitrogens with one attached hydrogen (secondary N) is 2. The largest absolute Gasteiger partial charge is 0.460 e. The number of amides is 1. The molecule has 2 aromatic rings. The van der Waals surface area contributed by atoms with Gasteiger partial charge in [0.05, 0.1) is 18.2 Å². The zero-order valence-electron chi connectivity index (χ0n) is 19.3. The summed E-state index contributed by atoms with van der Waals surface area (Å²) in [4.78, 5) is 27.6. The fourth-order valence-corrected chi connectivity index (χ4v) is 4.18. The smallest absolute Gasteiger partial charge is 0.338 e. The molecule has 1 aliphatic rings. The summed E-state index contributed by atoms with van der Waals surface area (Å²) in [7, 11) is 1.55. The summed E-state index contributed by atoms with van der Waals surface area (Å²) in [5, 5.41) is 6.74. The Kier molecular flexibility index (Phi) is 8.19. The van der Waals surface area contributed by atoms with Gasteiger partial charge in [0.1, 0.15) is 6.61 Å². The fraction of sp³-hybridized carbons (Fsp3) is 0.320. The number of hydrogen-bond donors (Lipinski definition) is 2. The van der Waals surface area contributed by atoms with Gasteiger partial charge >= 0.3 is 5.97 Å². The SMILES string of the molecule is CCN1C(=S)N[C@H](c2cccc(NC(=O)c3ccccc3C)c2)C(C(=O)OCCOC)=C1C. The van der Waals surface area contributed by atoms with Gasteiger partial charge in [-0.1, -0.05) is 30.3 Å². The van der Waals surface area contributed by atoms with Gasteiger partial charge in [0.15, 0.2) is 5.11 Å². The lowest BCUT2D eigenvalue weighted by Crippen LogP contribution is -2.47. The van der Waals surface area contributed by atoms with Crippen LogP contribution in [0.1, 0.15) is 41.4 Å². The van der Waals surface area contributed by atoms with E-state index in [0.29, 0.717) is 35.1 Å². The molecule has 0 saturated carbocycles. The number of thiocarbonyl (C=S) groups is 1. The van der Waals surface area contributed by atoms with Crippen molar-refractivity contribution < 1.29 is 19.1 Å². The van der Waals surface area contributed by atoms with Crippen molar-refractivity contribution in [3.8, 4) is 0 Å². The second kappa shape index (κ2) is 11.1. The molecular formula is C25H29N3O4S. The Balaban J connectivity index is 1.92. The van der Waals surface area contributed by atoms with Crippen molar-refractivity contribution in [2.45, 2.75) is 26.8 Å². The van der Waals surface area contributed by atoms with Crippen LogP contribution < -0.4 is 10.6 Å². The number of rotatable bonds is 8. The summed E-state index contributed by atoms with van der Waals surface area (Å²) < 4.78 is 10.4. The number of benzene rings is 2. The normalized spacial score (nSPS) is 15.8. The summed E-state index contributed by atoms with van der Waals surface area (Å²) in [5.41, 5.74) is 4.12. The average molecular weight is 468 g/mol. The molecule has 7 nitrogen and oxygen atoms in total. The van der Waals surface area contributed by atoms with E-state index in [2.05, 4.69) is 10.6 Å². The minimum atomic E-state index is -0.509. The van der Waals surface area contributed by atoms with Crippen LogP contribution in [-0.2, 0) is 14.3 Å². The molecule has 2 aromatic carbocycles. The molecule has 0 aromatic heterocycles. The molecule has 0 unspecified atom stereocenters. The zero-order chi connectivity index (χ0) is 24.0. The van der Waals surface area contributed by atoms with Crippen LogP contribution in [0.5, 0.6) is 0 Å². The van der Waals surface area contributed by atoms with Crippen molar-refractivity contribution in [1.82, 2.24) is 10.2 Å². The lowest BCUT2D eigenvalue weighted by atomic mass is 9.94. The van der Waals surface area contributed by atoms with Gasteiger partial charge in [-0.2, -0.15) is 0 Å². The first-order chi connectivity index (χ1) is 15.9. The number of aryl methyl sites for hydroxylation is 1. The molecular weight excluding hydrogens is 438 g/mol. The molecule has 2 N–H and O–H groups in total. The molecule has 1 heterocycles. The molecule has 3 rings (SSSR count). The lowest BCUT2D eigenvalue weighted by Gasteiger charge is -2.37. The predicted octanol–water partition coefficient (Wildman–Crippen LogP) is 3.96. The third-order valence-corrected chi connectivity index (χ3v) is 5.86. The van der Waals surface area contributed by atoms with Gasteiger partial charge in [0.2, 0.25) is 0 Å². The van der Waals surface area contributed by atoms with E-state index in [1.54, 1.807) is 13.2 Å². The third-order valence-electron chi connectivity index (χ3n) is 5.52. The summed E-state index contributed by atoms with van der Waals surface area (Å²) in [6.45, 7) is 6.81. The van der Waals surface area contributed by atoms with Crippen molar-refractivity contribution >= 4 is 34.9 Å². The quantitative estimate of drug-likeness (QED) is 0.346. The summed E-state index contributed by atoms with van der Waals surface area (Å²) in [5.74, 6) is -0.627. The molecule has 1 amide bonds. The number of hydrogen-bond acceptors (Lipinski definition) is 5. The number of anilines is 1. The lowest BCUT2D eigenvalue weighted by molar-refractivity contribution is -0.140. The highest BCUT2D eigenvalue weighted by atomic mass is 32.1. The van der Waals surface area contributed by atoms with E-state index in [4.69, 9.17) is 21.7 Å². The van der Waals surface area contributed by atoms with E-state index in [-0.39, 0.29) is 12.5 Å². The van der Waals surface area contributed by atoms with Crippen LogP contribution in [0.3, 0.4) is 0 Å². The maximum absolute atomic E-state index is 13.0. The Labute approximate surface area is 199 Å². The van der Waals surface area contributed by atoms with Gasteiger partial charge in [-0.3, -0.25) is 4.79 Å². The Morgan fingerprint density at radius 1 is 1.12 bits per heavy atom. The summed E-state index contributed by atoms with van der Waals surface area (Å²) in [6, 6.07) is 14.3. The molecule has 0 saturated heterocycles. The van der Waals surface area contributed by atoms with Crippen molar-refractivity contribution in [2.24, 2.45) is 0 Å². The van der Waals surface area contributed by atoms with Crippen molar-refractivity contribution in [2.75, 3.05) is 32.2 Å². The Hall–Kier alpha value is -3.23. The second-order valence-corrected chi connectivity index (χ2v) is 8.04. The van der Waals surface area contributed by atoms with Gasteiger partial charge in [0, 0.05) is 30.6 Å². The van der Waals surface area contributed by atoms with Crippen LogP contribution in [0.25, 0.3) is 0 Å². The predicted molar refractivity (Wildman–Crippen MR) is 132 cm³/mol. The molecule has 0 radical (unpaired) electrons. The van der Waals surface area contributed by atoms with E-state index in [0.717, 1.165) is 16.8 Å². The minimum absolute atomic E-state index is 0.155. The summed E-state index contributed by atoms with van der Waals surface area (Å²) in [6.07, 6.45) is 0. The first-order valence-corrected chi connectivity index (χ1v) is 11.2. The van der Waals surface area contributed by atoms with Gasteiger partial charge in [-0.25, -0.2) is 4.79 Å². The fourth-order valence-electron chi connectivity index (χ4n) is 3.79. The van der Waals surface area contributed by atoms with Crippen LogP contribution in [0.2, 0.25) is 0 Å². The highest BCUT2D eigenvalue weighted by Crippen LogP contribution is 2.32. The number of carbonyl (C=O) groups is 2. The van der Waals surface area contributed by atoms with Gasteiger partial charge in [0.25, 0.3) is 5.91 Å². The highest BCUT2D eigenvalue weighted by Gasteiger charge is 2.34. The van der Waals surface area contributed by atoms with Crippen LogP contribution in [0, 0.1) is 6.92 Å².